The van der Waals surface area contributed by atoms with E-state index in [9.17, 15) is 9.59 Å². The zero-order chi connectivity index (χ0) is 16.5. The highest BCUT2D eigenvalue weighted by Crippen LogP contribution is 2.18. The summed E-state index contributed by atoms with van der Waals surface area (Å²) in [6, 6.07) is 5.95. The fraction of sp³-hybridized carbons (Fsp3) is 0.529. The highest BCUT2D eigenvalue weighted by atomic mass is 16.5. The molecule has 0 radical (unpaired) electrons. The zero-order valence-corrected chi connectivity index (χ0v) is 13.9. The maximum atomic E-state index is 12.1. The van der Waals surface area contributed by atoms with E-state index in [1.807, 2.05) is 45.9 Å². The molecule has 1 rings (SSSR count). The summed E-state index contributed by atoms with van der Waals surface area (Å²) in [6.07, 6.45) is 0.264. The van der Waals surface area contributed by atoms with Gasteiger partial charge < -0.3 is 15.0 Å². The van der Waals surface area contributed by atoms with E-state index < -0.39 is 0 Å². The zero-order valence-electron chi connectivity index (χ0n) is 13.9. The molecule has 1 aromatic rings. The molecule has 0 aliphatic rings. The number of amides is 2. The number of rotatable bonds is 8. The molecule has 122 valence electrons. The first kappa shape index (κ1) is 18.0. The molecule has 5 heteroatoms. The van der Waals surface area contributed by atoms with E-state index in [0.29, 0.717) is 19.7 Å². The van der Waals surface area contributed by atoms with Gasteiger partial charge in [-0.1, -0.05) is 17.7 Å². The Bertz CT molecular complexity index is 515. The molecule has 5 nitrogen and oxygen atoms in total. The monoisotopic (exact) mass is 306 g/mol. The van der Waals surface area contributed by atoms with Crippen molar-refractivity contribution in [2.45, 2.75) is 34.1 Å². The Morgan fingerprint density at radius 3 is 2.55 bits per heavy atom. The topological polar surface area (TPSA) is 58.6 Å². The standard InChI is InChI=1S/C17H26N2O3/c1-5-18-16(20)12-19(6-2)17(21)9-10-22-15-8-7-13(3)11-14(15)4/h7-8,11H,5-6,9-10,12H2,1-4H3,(H,18,20). The second-order valence-electron chi connectivity index (χ2n) is 5.23. The Morgan fingerprint density at radius 1 is 1.23 bits per heavy atom. The molecule has 0 aliphatic carbocycles. The second kappa shape index (κ2) is 9.07. The Labute approximate surface area is 132 Å². The summed E-state index contributed by atoms with van der Waals surface area (Å²) >= 11 is 0. The van der Waals surface area contributed by atoms with E-state index in [1.54, 1.807) is 0 Å². The number of carbonyl (C=O) groups is 2. The maximum absolute atomic E-state index is 12.1. The Kier molecular flexibility index (Phi) is 7.43. The van der Waals surface area contributed by atoms with Crippen LogP contribution in [-0.4, -0.2) is 43.0 Å². The van der Waals surface area contributed by atoms with Gasteiger partial charge in [0.15, 0.2) is 0 Å². The molecule has 0 heterocycles. The van der Waals surface area contributed by atoms with Crippen LogP contribution in [0.1, 0.15) is 31.4 Å². The lowest BCUT2D eigenvalue weighted by Gasteiger charge is -2.20. The number of nitrogens with zero attached hydrogens (tertiary/aromatic N) is 1. The van der Waals surface area contributed by atoms with Crippen molar-refractivity contribution in [3.8, 4) is 5.75 Å². The first-order valence-corrected chi connectivity index (χ1v) is 7.72. The van der Waals surface area contributed by atoms with Crippen LogP contribution in [0.15, 0.2) is 18.2 Å². The van der Waals surface area contributed by atoms with Gasteiger partial charge >= 0.3 is 0 Å². The van der Waals surface area contributed by atoms with Crippen LogP contribution in [0.25, 0.3) is 0 Å². The van der Waals surface area contributed by atoms with E-state index >= 15 is 0 Å². The summed E-state index contributed by atoms with van der Waals surface area (Å²) in [6.45, 7) is 9.23. The average Bonchev–Trinajstić information content (AvgIpc) is 2.47. The van der Waals surface area contributed by atoms with E-state index in [0.717, 1.165) is 11.3 Å². The number of benzene rings is 1. The predicted octanol–water partition coefficient (Wildman–Crippen LogP) is 2.06. The molecule has 1 N–H and O–H groups in total. The molecule has 0 atom stereocenters. The molecule has 0 fully saturated rings. The SMILES string of the molecule is CCNC(=O)CN(CC)C(=O)CCOc1ccc(C)cc1C. The minimum absolute atomic E-state index is 0.0708. The van der Waals surface area contributed by atoms with Crippen LogP contribution < -0.4 is 10.1 Å². The fourth-order valence-electron chi connectivity index (χ4n) is 2.17. The van der Waals surface area contributed by atoms with Gasteiger partial charge in [-0.2, -0.15) is 0 Å². The first-order valence-electron chi connectivity index (χ1n) is 7.72. The summed E-state index contributed by atoms with van der Waals surface area (Å²) in [7, 11) is 0. The molecule has 0 unspecified atom stereocenters. The lowest BCUT2D eigenvalue weighted by Crippen LogP contribution is -2.40. The van der Waals surface area contributed by atoms with Crippen molar-refractivity contribution in [3.05, 3.63) is 29.3 Å². The molecule has 1 aromatic carbocycles. The number of ether oxygens (including phenoxy) is 1. The smallest absolute Gasteiger partial charge is 0.239 e. The Hall–Kier alpha value is -2.04. The van der Waals surface area contributed by atoms with Crippen molar-refractivity contribution in [1.82, 2.24) is 10.2 Å². The van der Waals surface area contributed by atoms with Gasteiger partial charge in [0.2, 0.25) is 11.8 Å². The van der Waals surface area contributed by atoms with Crippen molar-refractivity contribution in [2.24, 2.45) is 0 Å². The van der Waals surface area contributed by atoms with Crippen LogP contribution in [-0.2, 0) is 9.59 Å². The summed E-state index contributed by atoms with van der Waals surface area (Å²) < 4.78 is 5.66. The minimum atomic E-state index is -0.131. The molecule has 0 aromatic heterocycles. The normalized spacial score (nSPS) is 10.2. The third kappa shape index (κ3) is 5.76. The lowest BCUT2D eigenvalue weighted by atomic mass is 10.1. The number of aryl methyl sites for hydroxylation is 2. The number of hydrogen-bond acceptors (Lipinski definition) is 3. The molecule has 22 heavy (non-hydrogen) atoms. The van der Waals surface area contributed by atoms with Crippen LogP contribution in [0.4, 0.5) is 0 Å². The summed E-state index contributed by atoms with van der Waals surface area (Å²) in [5, 5.41) is 2.70. The summed E-state index contributed by atoms with van der Waals surface area (Å²) in [5.74, 6) is 0.594. The van der Waals surface area contributed by atoms with Crippen LogP contribution in [0.3, 0.4) is 0 Å². The maximum Gasteiger partial charge on any atom is 0.239 e. The third-order valence-corrected chi connectivity index (χ3v) is 3.35. The molecule has 0 saturated carbocycles. The van der Waals surface area contributed by atoms with Crippen LogP contribution >= 0.6 is 0 Å². The van der Waals surface area contributed by atoms with Crippen molar-refractivity contribution in [1.29, 1.82) is 0 Å². The second-order valence-corrected chi connectivity index (χ2v) is 5.23. The highest BCUT2D eigenvalue weighted by molar-refractivity contribution is 5.84. The van der Waals surface area contributed by atoms with E-state index in [-0.39, 0.29) is 24.8 Å². The van der Waals surface area contributed by atoms with Crippen molar-refractivity contribution < 1.29 is 14.3 Å². The predicted molar refractivity (Wildman–Crippen MR) is 87.0 cm³/mol. The van der Waals surface area contributed by atoms with Crippen molar-refractivity contribution >= 4 is 11.8 Å². The lowest BCUT2D eigenvalue weighted by molar-refractivity contribution is -0.136. The highest BCUT2D eigenvalue weighted by Gasteiger charge is 2.15. The largest absolute Gasteiger partial charge is 0.493 e. The van der Waals surface area contributed by atoms with Gasteiger partial charge in [-0.05, 0) is 39.3 Å². The summed E-state index contributed by atoms with van der Waals surface area (Å²) in [5.41, 5.74) is 2.24. The molecule has 0 aliphatic heterocycles. The van der Waals surface area contributed by atoms with Gasteiger partial charge in [-0.3, -0.25) is 9.59 Å². The molecule has 0 saturated heterocycles. The number of likely N-dealkylation sites (N-methyl/N-ethyl adjacent to an activating group) is 2. The van der Waals surface area contributed by atoms with Crippen molar-refractivity contribution in [3.63, 3.8) is 0 Å². The molecule has 0 bridgehead atoms. The van der Waals surface area contributed by atoms with Gasteiger partial charge in [0.05, 0.1) is 19.6 Å². The number of carbonyl (C=O) groups excluding carboxylic acids is 2. The van der Waals surface area contributed by atoms with Gasteiger partial charge in [0, 0.05) is 13.1 Å². The molecule has 2 amide bonds. The van der Waals surface area contributed by atoms with Gasteiger partial charge in [-0.25, -0.2) is 0 Å². The Morgan fingerprint density at radius 2 is 1.95 bits per heavy atom. The fourth-order valence-corrected chi connectivity index (χ4v) is 2.17. The molecular weight excluding hydrogens is 280 g/mol. The van der Waals surface area contributed by atoms with Crippen LogP contribution in [0, 0.1) is 13.8 Å². The van der Waals surface area contributed by atoms with E-state index in [4.69, 9.17) is 4.74 Å². The van der Waals surface area contributed by atoms with Crippen molar-refractivity contribution in [2.75, 3.05) is 26.2 Å². The van der Waals surface area contributed by atoms with Gasteiger partial charge in [0.1, 0.15) is 5.75 Å². The molecule has 0 spiro atoms. The number of hydrogen-bond donors (Lipinski definition) is 1. The first-order chi connectivity index (χ1) is 10.5. The van der Waals surface area contributed by atoms with Gasteiger partial charge in [0.25, 0.3) is 0 Å². The summed E-state index contributed by atoms with van der Waals surface area (Å²) in [4.78, 5) is 25.2. The average molecular weight is 306 g/mol. The quantitative estimate of drug-likeness (QED) is 0.800. The number of nitrogens with one attached hydrogen (secondary N) is 1. The molecular formula is C17H26N2O3. The van der Waals surface area contributed by atoms with Crippen LogP contribution in [0.5, 0.6) is 5.75 Å². The van der Waals surface area contributed by atoms with Gasteiger partial charge in [-0.15, -0.1) is 0 Å². The third-order valence-electron chi connectivity index (χ3n) is 3.35. The van der Waals surface area contributed by atoms with E-state index in [2.05, 4.69) is 5.32 Å². The minimum Gasteiger partial charge on any atom is -0.493 e. The van der Waals surface area contributed by atoms with E-state index in [1.165, 1.54) is 10.5 Å². The van der Waals surface area contributed by atoms with Crippen LogP contribution in [0.2, 0.25) is 0 Å². The Balaban J connectivity index is 2.45.